The topological polar surface area (TPSA) is 20.2 Å². The van der Waals surface area contributed by atoms with Crippen LogP contribution in [0.2, 0.25) is 0 Å². The molecule has 0 radical (unpaired) electrons. The Morgan fingerprint density at radius 1 is 1.67 bits per heavy atom. The number of aliphatic hydroxyl groups is 1. The van der Waals surface area contributed by atoms with E-state index in [-0.39, 0.29) is 6.10 Å². The number of hydrogen-bond acceptors (Lipinski definition) is 1. The van der Waals surface area contributed by atoms with Gasteiger partial charge in [-0.25, -0.2) is 0 Å². The molecule has 1 nitrogen and oxygen atoms in total. The van der Waals surface area contributed by atoms with Crippen molar-refractivity contribution in [3.05, 3.63) is 12.7 Å². The Balaban J connectivity index is 1.88. The molecule has 1 aliphatic carbocycles. The third kappa shape index (κ3) is 2.19. The predicted octanol–water partition coefficient (Wildman–Crippen LogP) is 1.72. The second kappa shape index (κ2) is 3.02. The molecule has 2 atom stereocenters. The number of unbranched alkanes of at least 4 members (excludes halogenated alkanes) is 1. The van der Waals surface area contributed by atoms with E-state index >= 15 is 0 Å². The van der Waals surface area contributed by atoms with Crippen molar-refractivity contribution in [1.82, 2.24) is 0 Å². The van der Waals surface area contributed by atoms with Crippen LogP contribution in [0.4, 0.5) is 0 Å². The van der Waals surface area contributed by atoms with E-state index in [1.807, 2.05) is 6.08 Å². The molecule has 1 rings (SSSR count). The Morgan fingerprint density at radius 3 is 2.78 bits per heavy atom. The molecule has 0 aromatic rings. The molecule has 0 amide bonds. The summed E-state index contributed by atoms with van der Waals surface area (Å²) in [5.74, 6) is 0.630. The average molecular weight is 126 g/mol. The first-order valence-electron chi connectivity index (χ1n) is 3.63. The van der Waals surface area contributed by atoms with Crippen LogP contribution in [0, 0.1) is 5.92 Å². The molecule has 1 saturated carbocycles. The molecule has 0 saturated heterocycles. The summed E-state index contributed by atoms with van der Waals surface area (Å²) < 4.78 is 0. The Kier molecular flexibility index (Phi) is 2.29. The van der Waals surface area contributed by atoms with Gasteiger partial charge in [0.15, 0.2) is 0 Å². The highest BCUT2D eigenvalue weighted by atomic mass is 16.3. The highest BCUT2D eigenvalue weighted by molar-refractivity contribution is 4.85. The highest BCUT2D eigenvalue weighted by Gasteiger charge is 2.33. The standard InChI is InChI=1S/C8H14O/c1-2-3-4-5-7-6-8(7)9/h2,7-9H,1,3-6H2/t7-,8-/m1/s1. The van der Waals surface area contributed by atoms with Gasteiger partial charge in [-0.05, 0) is 31.6 Å². The van der Waals surface area contributed by atoms with Crippen molar-refractivity contribution < 1.29 is 5.11 Å². The lowest BCUT2D eigenvalue weighted by atomic mass is 10.2. The zero-order valence-corrected chi connectivity index (χ0v) is 5.71. The van der Waals surface area contributed by atoms with E-state index in [4.69, 9.17) is 5.11 Å². The van der Waals surface area contributed by atoms with Gasteiger partial charge in [0.25, 0.3) is 0 Å². The van der Waals surface area contributed by atoms with Crippen molar-refractivity contribution in [1.29, 1.82) is 0 Å². The number of aliphatic hydroxyl groups excluding tert-OH is 1. The van der Waals surface area contributed by atoms with E-state index in [0.29, 0.717) is 5.92 Å². The maximum Gasteiger partial charge on any atom is 0.0573 e. The minimum atomic E-state index is 0.0369. The van der Waals surface area contributed by atoms with Gasteiger partial charge in [-0.15, -0.1) is 6.58 Å². The van der Waals surface area contributed by atoms with Gasteiger partial charge in [-0.3, -0.25) is 0 Å². The maximum absolute atomic E-state index is 8.90. The minimum Gasteiger partial charge on any atom is -0.393 e. The SMILES string of the molecule is C=CCCC[C@@H]1C[C@H]1O. The molecule has 52 valence electrons. The van der Waals surface area contributed by atoms with Gasteiger partial charge in [0.1, 0.15) is 0 Å². The molecule has 0 aliphatic heterocycles. The van der Waals surface area contributed by atoms with E-state index in [2.05, 4.69) is 6.58 Å². The van der Waals surface area contributed by atoms with Crippen LogP contribution in [-0.4, -0.2) is 11.2 Å². The fourth-order valence-corrected chi connectivity index (χ4v) is 1.07. The summed E-state index contributed by atoms with van der Waals surface area (Å²) in [5, 5.41) is 8.90. The van der Waals surface area contributed by atoms with E-state index in [0.717, 1.165) is 12.8 Å². The molecular formula is C8H14O. The normalized spacial score (nSPS) is 32.1. The number of rotatable bonds is 4. The molecule has 9 heavy (non-hydrogen) atoms. The average Bonchev–Trinajstić information content (AvgIpc) is 2.48. The third-order valence-electron chi connectivity index (χ3n) is 1.87. The third-order valence-corrected chi connectivity index (χ3v) is 1.87. The van der Waals surface area contributed by atoms with Crippen LogP contribution >= 0.6 is 0 Å². The van der Waals surface area contributed by atoms with Crippen LogP contribution in [0.15, 0.2) is 12.7 Å². The van der Waals surface area contributed by atoms with Crippen LogP contribution in [0.3, 0.4) is 0 Å². The first-order chi connectivity index (χ1) is 4.34. The summed E-state index contributed by atoms with van der Waals surface area (Å²) in [4.78, 5) is 0. The molecule has 1 fully saturated rings. The van der Waals surface area contributed by atoms with Crippen LogP contribution in [0.25, 0.3) is 0 Å². The largest absolute Gasteiger partial charge is 0.393 e. The van der Waals surface area contributed by atoms with Crippen molar-refractivity contribution >= 4 is 0 Å². The van der Waals surface area contributed by atoms with Crippen LogP contribution in [-0.2, 0) is 0 Å². The van der Waals surface area contributed by atoms with E-state index in [1.165, 1.54) is 12.8 Å². The molecule has 0 unspecified atom stereocenters. The van der Waals surface area contributed by atoms with E-state index in [1.54, 1.807) is 0 Å². The number of hydrogen-bond donors (Lipinski definition) is 1. The first kappa shape index (κ1) is 6.81. The van der Waals surface area contributed by atoms with Crippen molar-refractivity contribution in [3.8, 4) is 0 Å². The van der Waals surface area contributed by atoms with Gasteiger partial charge in [-0.2, -0.15) is 0 Å². The molecular weight excluding hydrogens is 112 g/mol. The van der Waals surface area contributed by atoms with Crippen LogP contribution < -0.4 is 0 Å². The van der Waals surface area contributed by atoms with Crippen molar-refractivity contribution in [2.75, 3.05) is 0 Å². The fraction of sp³-hybridized carbons (Fsp3) is 0.750. The molecule has 0 bridgehead atoms. The summed E-state index contributed by atoms with van der Waals surface area (Å²) in [6, 6.07) is 0. The zero-order valence-electron chi connectivity index (χ0n) is 5.71. The molecule has 0 aromatic heterocycles. The van der Waals surface area contributed by atoms with Crippen LogP contribution in [0.5, 0.6) is 0 Å². The van der Waals surface area contributed by atoms with Crippen LogP contribution in [0.1, 0.15) is 25.7 Å². The monoisotopic (exact) mass is 126 g/mol. The van der Waals surface area contributed by atoms with Crippen molar-refractivity contribution in [3.63, 3.8) is 0 Å². The van der Waals surface area contributed by atoms with E-state index < -0.39 is 0 Å². The second-order valence-corrected chi connectivity index (χ2v) is 2.78. The smallest absolute Gasteiger partial charge is 0.0573 e. The van der Waals surface area contributed by atoms with Gasteiger partial charge < -0.3 is 5.11 Å². The van der Waals surface area contributed by atoms with Gasteiger partial charge in [0.2, 0.25) is 0 Å². The van der Waals surface area contributed by atoms with Gasteiger partial charge >= 0.3 is 0 Å². The lowest BCUT2D eigenvalue weighted by Crippen LogP contribution is -1.84. The Morgan fingerprint density at radius 2 is 2.33 bits per heavy atom. The predicted molar refractivity (Wildman–Crippen MR) is 38.2 cm³/mol. The lowest BCUT2D eigenvalue weighted by Gasteiger charge is -1.91. The van der Waals surface area contributed by atoms with Crippen molar-refractivity contribution in [2.45, 2.75) is 31.8 Å². The Hall–Kier alpha value is -0.300. The second-order valence-electron chi connectivity index (χ2n) is 2.78. The molecule has 1 aliphatic rings. The zero-order chi connectivity index (χ0) is 6.69. The Bertz CT molecular complexity index is 98.7. The summed E-state index contributed by atoms with van der Waals surface area (Å²) >= 11 is 0. The minimum absolute atomic E-state index is 0.0369. The summed E-state index contributed by atoms with van der Waals surface area (Å²) in [6.07, 6.45) is 6.50. The molecule has 1 heteroatoms. The summed E-state index contributed by atoms with van der Waals surface area (Å²) in [5.41, 5.74) is 0. The molecule has 1 N–H and O–H groups in total. The molecule has 0 heterocycles. The number of allylic oxidation sites excluding steroid dienone is 1. The van der Waals surface area contributed by atoms with Gasteiger partial charge in [-0.1, -0.05) is 6.08 Å². The first-order valence-corrected chi connectivity index (χ1v) is 3.63. The summed E-state index contributed by atoms with van der Waals surface area (Å²) in [7, 11) is 0. The molecule has 0 aromatic carbocycles. The quantitative estimate of drug-likeness (QED) is 0.449. The van der Waals surface area contributed by atoms with Gasteiger partial charge in [0, 0.05) is 0 Å². The molecule has 0 spiro atoms. The fourth-order valence-electron chi connectivity index (χ4n) is 1.07. The summed E-state index contributed by atoms with van der Waals surface area (Å²) in [6.45, 7) is 3.63. The lowest BCUT2D eigenvalue weighted by molar-refractivity contribution is 0.256. The Labute approximate surface area is 56.4 Å². The highest BCUT2D eigenvalue weighted by Crippen LogP contribution is 2.34. The van der Waals surface area contributed by atoms with E-state index in [9.17, 15) is 0 Å². The maximum atomic E-state index is 8.90. The van der Waals surface area contributed by atoms with Crippen molar-refractivity contribution in [2.24, 2.45) is 5.92 Å². The van der Waals surface area contributed by atoms with Gasteiger partial charge in [0.05, 0.1) is 6.10 Å².